The van der Waals surface area contributed by atoms with Crippen LogP contribution in [0.3, 0.4) is 0 Å². The second-order valence-corrected chi connectivity index (χ2v) is 6.47. The van der Waals surface area contributed by atoms with E-state index < -0.39 is 0 Å². The van der Waals surface area contributed by atoms with Crippen molar-refractivity contribution in [1.82, 2.24) is 10.2 Å². The van der Waals surface area contributed by atoms with E-state index >= 15 is 0 Å². The molecule has 0 amide bonds. The minimum Gasteiger partial charge on any atom is -0.385 e. The third-order valence-electron chi connectivity index (χ3n) is 3.84. The fourth-order valence-corrected chi connectivity index (χ4v) is 2.79. The first-order valence-corrected chi connectivity index (χ1v) is 7.82. The summed E-state index contributed by atoms with van der Waals surface area (Å²) in [6.45, 7) is 5.89. The third-order valence-corrected chi connectivity index (χ3v) is 4.05. The van der Waals surface area contributed by atoms with Gasteiger partial charge in [0.15, 0.2) is 0 Å². The predicted octanol–water partition coefficient (Wildman–Crippen LogP) is 2.56. The fraction of sp³-hybridized carbons (Fsp3) is 0.444. The molecular weight excluding hydrogens is 310 g/mol. The molecule has 0 fully saturated rings. The Balaban J connectivity index is 2.96. The molecule has 0 saturated heterocycles. The van der Waals surface area contributed by atoms with Gasteiger partial charge in [0.25, 0.3) is 0 Å². The van der Waals surface area contributed by atoms with Crippen LogP contribution in [0.15, 0.2) is 46.4 Å². The van der Waals surface area contributed by atoms with E-state index in [1.165, 1.54) is 0 Å². The Morgan fingerprint density at radius 2 is 2.35 bits per heavy atom. The molecule has 4 nitrogen and oxygen atoms in total. The van der Waals surface area contributed by atoms with Crippen LogP contribution in [0.25, 0.3) is 0 Å². The number of hydrogen-bond acceptors (Lipinski definition) is 4. The standard InChI is InChI=1S/C18H26ClN3O/c1-6-7-8-16(14(2)19)18(3,13-23-5)12-21-15-9-10-22(4)17(20)11-15/h1,7-9,11,21H,10,12-13,20H2,2-5H3/b8-7-,16-14-. The number of ether oxygens (including phenoxy) is 1. The summed E-state index contributed by atoms with van der Waals surface area (Å²) in [6, 6.07) is 0. The van der Waals surface area contributed by atoms with Crippen molar-refractivity contribution in [1.29, 1.82) is 0 Å². The van der Waals surface area contributed by atoms with Crippen LogP contribution in [-0.2, 0) is 4.74 Å². The molecule has 1 aliphatic heterocycles. The number of rotatable bonds is 7. The molecule has 0 aromatic carbocycles. The number of likely N-dealkylation sites (N-methyl/N-ethyl adjacent to an activating group) is 1. The van der Waals surface area contributed by atoms with Crippen LogP contribution < -0.4 is 11.1 Å². The second-order valence-electron chi connectivity index (χ2n) is 5.90. The maximum Gasteiger partial charge on any atom is 0.101 e. The van der Waals surface area contributed by atoms with Gasteiger partial charge in [-0.1, -0.05) is 24.4 Å². The number of nitrogens with one attached hydrogen (secondary N) is 1. The molecular formula is C18H26ClN3O. The van der Waals surface area contributed by atoms with Crippen LogP contribution >= 0.6 is 11.6 Å². The second kappa shape index (κ2) is 8.71. The molecule has 3 N–H and O–H groups in total. The molecule has 0 aromatic heterocycles. The molecule has 1 atom stereocenters. The van der Waals surface area contributed by atoms with Gasteiger partial charge in [0.1, 0.15) is 5.82 Å². The molecule has 0 saturated carbocycles. The number of nitrogens with zero attached hydrogens (tertiary/aromatic N) is 1. The molecule has 0 spiro atoms. The van der Waals surface area contributed by atoms with Crippen LogP contribution in [-0.4, -0.2) is 38.8 Å². The quantitative estimate of drug-likeness (QED) is 0.554. The van der Waals surface area contributed by atoms with Crippen molar-refractivity contribution < 1.29 is 4.74 Å². The minimum atomic E-state index is -0.319. The summed E-state index contributed by atoms with van der Waals surface area (Å²) in [4.78, 5) is 1.98. The zero-order valence-electron chi connectivity index (χ0n) is 14.3. The van der Waals surface area contributed by atoms with Gasteiger partial charge < -0.3 is 20.7 Å². The van der Waals surface area contributed by atoms with Crippen LogP contribution in [0.1, 0.15) is 13.8 Å². The summed E-state index contributed by atoms with van der Waals surface area (Å²) in [6.07, 6.45) is 12.9. The molecule has 0 bridgehead atoms. The van der Waals surface area contributed by atoms with Gasteiger partial charge >= 0.3 is 0 Å². The average Bonchev–Trinajstić information content (AvgIpc) is 2.49. The summed E-state index contributed by atoms with van der Waals surface area (Å²) in [5.74, 6) is 3.24. The van der Waals surface area contributed by atoms with Crippen LogP contribution in [0.5, 0.6) is 0 Å². The first-order chi connectivity index (χ1) is 10.8. The van der Waals surface area contributed by atoms with Crippen molar-refractivity contribution in [3.63, 3.8) is 0 Å². The summed E-state index contributed by atoms with van der Waals surface area (Å²) >= 11 is 6.29. The van der Waals surface area contributed by atoms with E-state index in [1.54, 1.807) is 13.2 Å². The highest BCUT2D eigenvalue weighted by Gasteiger charge is 2.29. The van der Waals surface area contributed by atoms with Crippen LogP contribution in [0, 0.1) is 17.8 Å². The predicted molar refractivity (Wildman–Crippen MR) is 97.5 cm³/mol. The van der Waals surface area contributed by atoms with Crippen molar-refractivity contribution in [2.75, 3.05) is 33.9 Å². The molecule has 126 valence electrons. The highest BCUT2D eigenvalue weighted by atomic mass is 35.5. The van der Waals surface area contributed by atoms with E-state index in [4.69, 9.17) is 28.5 Å². The van der Waals surface area contributed by atoms with E-state index in [2.05, 4.69) is 24.2 Å². The zero-order chi connectivity index (χ0) is 17.5. The summed E-state index contributed by atoms with van der Waals surface area (Å²) in [5, 5.41) is 4.13. The molecule has 1 aliphatic rings. The molecule has 0 aliphatic carbocycles. The topological polar surface area (TPSA) is 50.5 Å². The third kappa shape index (κ3) is 5.38. The molecule has 1 unspecified atom stereocenters. The van der Waals surface area contributed by atoms with E-state index in [-0.39, 0.29) is 5.41 Å². The maximum absolute atomic E-state index is 6.29. The minimum absolute atomic E-state index is 0.319. The summed E-state index contributed by atoms with van der Waals surface area (Å²) in [7, 11) is 3.63. The van der Waals surface area contributed by atoms with Crippen molar-refractivity contribution >= 4 is 11.6 Å². The highest BCUT2D eigenvalue weighted by Crippen LogP contribution is 2.32. The smallest absolute Gasteiger partial charge is 0.101 e. The molecule has 1 heterocycles. The van der Waals surface area contributed by atoms with Crippen molar-refractivity contribution in [2.24, 2.45) is 11.1 Å². The van der Waals surface area contributed by atoms with Crippen molar-refractivity contribution in [2.45, 2.75) is 13.8 Å². The molecule has 5 heteroatoms. The maximum atomic E-state index is 6.29. The highest BCUT2D eigenvalue weighted by molar-refractivity contribution is 6.29. The van der Waals surface area contributed by atoms with Gasteiger partial charge in [-0.05, 0) is 30.7 Å². The molecule has 0 radical (unpaired) electrons. The first kappa shape index (κ1) is 19.2. The Bertz CT molecular complexity index is 580. The molecule has 0 aromatic rings. The number of allylic oxidation sites excluding steroid dienone is 4. The Morgan fingerprint density at radius 1 is 1.65 bits per heavy atom. The van der Waals surface area contributed by atoms with E-state index in [0.29, 0.717) is 18.2 Å². The van der Waals surface area contributed by atoms with Gasteiger partial charge in [0, 0.05) is 49.5 Å². The normalized spacial score (nSPS) is 18.7. The van der Waals surface area contributed by atoms with Gasteiger partial charge in [-0.15, -0.1) is 6.42 Å². The number of terminal acetylenes is 1. The van der Waals surface area contributed by atoms with Crippen molar-refractivity contribution in [3.8, 4) is 12.3 Å². The molecule has 1 rings (SSSR count). The molecule has 23 heavy (non-hydrogen) atoms. The fourth-order valence-electron chi connectivity index (χ4n) is 2.50. The average molecular weight is 336 g/mol. The van der Waals surface area contributed by atoms with Gasteiger partial charge in [-0.2, -0.15) is 0 Å². The Hall–Kier alpha value is -1.83. The zero-order valence-corrected chi connectivity index (χ0v) is 15.1. The summed E-state index contributed by atoms with van der Waals surface area (Å²) < 4.78 is 5.41. The SMILES string of the molecule is C#C/C=C\C(=C(/C)Cl)C(C)(CNC1=CCN(C)C(N)=C1)COC. The number of hydrogen-bond donors (Lipinski definition) is 2. The Morgan fingerprint density at radius 3 is 2.87 bits per heavy atom. The largest absolute Gasteiger partial charge is 0.385 e. The Kier molecular flexibility index (Phi) is 7.28. The van der Waals surface area contributed by atoms with Crippen molar-refractivity contribution in [3.05, 3.63) is 46.4 Å². The van der Waals surface area contributed by atoms with Gasteiger partial charge in [0.2, 0.25) is 0 Å². The summed E-state index contributed by atoms with van der Waals surface area (Å²) in [5.41, 5.74) is 7.59. The lowest BCUT2D eigenvalue weighted by Crippen LogP contribution is -2.38. The number of halogens is 1. The monoisotopic (exact) mass is 335 g/mol. The van der Waals surface area contributed by atoms with Crippen LogP contribution in [0.2, 0.25) is 0 Å². The van der Waals surface area contributed by atoms with Gasteiger partial charge in [-0.3, -0.25) is 0 Å². The van der Waals surface area contributed by atoms with Gasteiger partial charge in [-0.25, -0.2) is 0 Å². The van der Waals surface area contributed by atoms with Crippen LogP contribution in [0.4, 0.5) is 0 Å². The van der Waals surface area contributed by atoms with E-state index in [1.807, 2.05) is 31.0 Å². The lowest BCUT2D eigenvalue weighted by Gasteiger charge is -2.33. The lowest BCUT2D eigenvalue weighted by atomic mass is 9.81. The van der Waals surface area contributed by atoms with E-state index in [9.17, 15) is 0 Å². The number of nitrogens with two attached hydrogens (primary N) is 1. The first-order valence-electron chi connectivity index (χ1n) is 7.45. The van der Waals surface area contributed by atoms with Gasteiger partial charge in [0.05, 0.1) is 6.61 Å². The lowest BCUT2D eigenvalue weighted by molar-refractivity contribution is 0.118. The Labute approximate surface area is 144 Å². The van der Waals surface area contributed by atoms with E-state index in [0.717, 1.165) is 23.6 Å². The number of methoxy groups -OCH3 is 1.